The van der Waals surface area contributed by atoms with Crippen LogP contribution in [0.3, 0.4) is 0 Å². The number of benzene rings is 2. The highest BCUT2D eigenvalue weighted by Crippen LogP contribution is 2.31. The first-order valence-corrected chi connectivity index (χ1v) is 8.53. The van der Waals surface area contributed by atoms with E-state index in [4.69, 9.17) is 5.26 Å². The zero-order valence-corrected chi connectivity index (χ0v) is 13.9. The maximum atomic E-state index is 12.7. The summed E-state index contributed by atoms with van der Waals surface area (Å²) in [5.74, 6) is 0. The molecule has 0 fully saturated rings. The molecule has 0 heterocycles. The van der Waals surface area contributed by atoms with Gasteiger partial charge in [0, 0.05) is 6.54 Å². The van der Waals surface area contributed by atoms with E-state index in [1.54, 1.807) is 18.2 Å². The molecule has 0 aliphatic heterocycles. The number of anilines is 1. The van der Waals surface area contributed by atoms with E-state index in [0.717, 1.165) is 12.1 Å². The van der Waals surface area contributed by atoms with E-state index >= 15 is 0 Å². The molecule has 0 saturated carbocycles. The van der Waals surface area contributed by atoms with Gasteiger partial charge in [-0.25, -0.2) is 13.1 Å². The van der Waals surface area contributed by atoms with Crippen molar-refractivity contribution >= 4 is 15.7 Å². The third-order valence-electron chi connectivity index (χ3n) is 3.43. The van der Waals surface area contributed by atoms with Crippen molar-refractivity contribution in [1.29, 1.82) is 5.26 Å². The van der Waals surface area contributed by atoms with Gasteiger partial charge in [0.25, 0.3) is 0 Å². The van der Waals surface area contributed by atoms with Crippen LogP contribution in [-0.2, 0) is 22.7 Å². The molecule has 0 unspecified atom stereocenters. The number of nitriles is 1. The summed E-state index contributed by atoms with van der Waals surface area (Å²) in [7, 11) is -2.30. The average Bonchev–Trinajstić information content (AvgIpc) is 2.59. The average molecular weight is 369 g/mol. The predicted molar refractivity (Wildman–Crippen MR) is 86.2 cm³/mol. The molecule has 0 bridgehead atoms. The molecule has 2 rings (SSSR count). The second-order valence-corrected chi connectivity index (χ2v) is 6.96. The molecule has 0 amide bonds. The molecule has 2 aromatic rings. The van der Waals surface area contributed by atoms with E-state index in [1.807, 2.05) is 0 Å². The highest BCUT2D eigenvalue weighted by Gasteiger charge is 2.31. The minimum atomic E-state index is -4.53. The standard InChI is InChI=1S/C16H14F3N3O2S/c1-21-25(23,24)14-4-2-3-11(7-14)10-22-15-6-5-13(16(17,18)19)8-12(15)9-20/h2-8,21-22H,10H2,1H3. The van der Waals surface area contributed by atoms with E-state index in [0.29, 0.717) is 5.56 Å². The summed E-state index contributed by atoms with van der Waals surface area (Å²) < 4.78 is 63.8. The lowest BCUT2D eigenvalue weighted by Crippen LogP contribution is -2.18. The number of alkyl halides is 3. The van der Waals surface area contributed by atoms with Gasteiger partial charge in [0.1, 0.15) is 6.07 Å². The topological polar surface area (TPSA) is 82.0 Å². The van der Waals surface area contributed by atoms with Gasteiger partial charge in [-0.2, -0.15) is 18.4 Å². The van der Waals surface area contributed by atoms with Crippen molar-refractivity contribution < 1.29 is 21.6 Å². The summed E-state index contributed by atoms with van der Waals surface area (Å²) in [6, 6.07) is 10.6. The zero-order valence-electron chi connectivity index (χ0n) is 13.1. The molecule has 0 spiro atoms. The molecular weight excluding hydrogens is 355 g/mol. The Morgan fingerprint density at radius 1 is 1.16 bits per heavy atom. The summed E-state index contributed by atoms with van der Waals surface area (Å²) in [5.41, 5.74) is -0.219. The molecule has 132 valence electrons. The second kappa shape index (κ2) is 7.13. The van der Waals surface area contributed by atoms with Gasteiger partial charge in [0.2, 0.25) is 10.0 Å². The van der Waals surface area contributed by atoms with Gasteiger partial charge in [0.15, 0.2) is 0 Å². The van der Waals surface area contributed by atoms with Gasteiger partial charge in [-0.05, 0) is 42.9 Å². The molecule has 0 aliphatic rings. The fraction of sp³-hybridized carbons (Fsp3) is 0.188. The van der Waals surface area contributed by atoms with Crippen LogP contribution in [0.4, 0.5) is 18.9 Å². The van der Waals surface area contributed by atoms with E-state index in [9.17, 15) is 21.6 Å². The van der Waals surface area contributed by atoms with Crippen LogP contribution in [0.5, 0.6) is 0 Å². The van der Waals surface area contributed by atoms with E-state index in [-0.39, 0.29) is 22.7 Å². The van der Waals surface area contributed by atoms with Crippen LogP contribution in [0.15, 0.2) is 47.4 Å². The second-order valence-electron chi connectivity index (χ2n) is 5.08. The van der Waals surface area contributed by atoms with Crippen LogP contribution in [0, 0.1) is 11.3 Å². The first-order chi connectivity index (χ1) is 11.7. The lowest BCUT2D eigenvalue weighted by molar-refractivity contribution is -0.137. The number of hydrogen-bond donors (Lipinski definition) is 2. The van der Waals surface area contributed by atoms with Crippen LogP contribution < -0.4 is 10.0 Å². The van der Waals surface area contributed by atoms with Gasteiger partial charge in [-0.15, -0.1) is 0 Å². The third kappa shape index (κ3) is 4.49. The molecule has 5 nitrogen and oxygen atoms in total. The molecule has 2 aromatic carbocycles. The van der Waals surface area contributed by atoms with Crippen molar-refractivity contribution in [1.82, 2.24) is 4.72 Å². The Labute approximate surface area is 143 Å². The van der Waals surface area contributed by atoms with E-state index < -0.39 is 21.8 Å². The maximum Gasteiger partial charge on any atom is 0.416 e. The van der Waals surface area contributed by atoms with E-state index in [1.165, 1.54) is 25.2 Å². The SMILES string of the molecule is CNS(=O)(=O)c1cccc(CNc2ccc(C(F)(F)F)cc2C#N)c1. The van der Waals surface area contributed by atoms with Gasteiger partial charge < -0.3 is 5.32 Å². The molecule has 2 N–H and O–H groups in total. The lowest BCUT2D eigenvalue weighted by Gasteiger charge is -2.12. The van der Waals surface area contributed by atoms with Crippen LogP contribution in [-0.4, -0.2) is 15.5 Å². The quantitative estimate of drug-likeness (QED) is 0.849. The van der Waals surface area contributed by atoms with Crippen LogP contribution >= 0.6 is 0 Å². The Kier molecular flexibility index (Phi) is 5.35. The normalized spacial score (nSPS) is 11.8. The van der Waals surface area contributed by atoms with Crippen molar-refractivity contribution in [3.63, 3.8) is 0 Å². The molecule has 0 aliphatic carbocycles. The lowest BCUT2D eigenvalue weighted by atomic mass is 10.1. The minimum absolute atomic E-state index is 0.0715. The van der Waals surface area contributed by atoms with Crippen LogP contribution in [0.2, 0.25) is 0 Å². The first-order valence-electron chi connectivity index (χ1n) is 7.05. The number of nitrogens with one attached hydrogen (secondary N) is 2. The predicted octanol–water partition coefficient (Wildman–Crippen LogP) is 3.10. The first kappa shape index (κ1) is 18.8. The van der Waals surface area contributed by atoms with Crippen LogP contribution in [0.25, 0.3) is 0 Å². The van der Waals surface area contributed by atoms with Crippen molar-refractivity contribution in [2.45, 2.75) is 17.6 Å². The molecule has 0 aromatic heterocycles. The summed E-state index contributed by atoms with van der Waals surface area (Å²) in [5, 5.41) is 11.9. The smallest absolute Gasteiger partial charge is 0.380 e. The summed E-state index contributed by atoms with van der Waals surface area (Å²) in [6.45, 7) is 0.146. The van der Waals surface area contributed by atoms with Crippen molar-refractivity contribution in [2.24, 2.45) is 0 Å². The Hall–Kier alpha value is -2.57. The van der Waals surface area contributed by atoms with Crippen LogP contribution in [0.1, 0.15) is 16.7 Å². The zero-order chi connectivity index (χ0) is 18.7. The van der Waals surface area contributed by atoms with Gasteiger partial charge >= 0.3 is 6.18 Å². The minimum Gasteiger partial charge on any atom is -0.380 e. The number of sulfonamides is 1. The molecule has 0 saturated heterocycles. The Bertz CT molecular complexity index is 919. The molecular formula is C16H14F3N3O2S. The number of rotatable bonds is 5. The highest BCUT2D eigenvalue weighted by atomic mass is 32.2. The maximum absolute atomic E-state index is 12.7. The van der Waals surface area contributed by atoms with Gasteiger partial charge in [-0.3, -0.25) is 0 Å². The summed E-state index contributed by atoms with van der Waals surface area (Å²) in [6.07, 6.45) is -4.53. The molecule has 0 atom stereocenters. The molecule has 25 heavy (non-hydrogen) atoms. The van der Waals surface area contributed by atoms with Crippen molar-refractivity contribution in [3.8, 4) is 6.07 Å². The summed E-state index contributed by atoms with van der Waals surface area (Å²) >= 11 is 0. The Morgan fingerprint density at radius 3 is 2.48 bits per heavy atom. The van der Waals surface area contributed by atoms with Crippen molar-refractivity contribution in [2.75, 3.05) is 12.4 Å². The number of halogens is 3. The summed E-state index contributed by atoms with van der Waals surface area (Å²) in [4.78, 5) is 0.0715. The number of nitrogens with zero attached hydrogens (tertiary/aromatic N) is 1. The highest BCUT2D eigenvalue weighted by molar-refractivity contribution is 7.89. The van der Waals surface area contributed by atoms with Crippen molar-refractivity contribution in [3.05, 3.63) is 59.2 Å². The fourth-order valence-electron chi connectivity index (χ4n) is 2.10. The third-order valence-corrected chi connectivity index (χ3v) is 4.84. The fourth-order valence-corrected chi connectivity index (χ4v) is 2.90. The monoisotopic (exact) mass is 369 g/mol. The van der Waals surface area contributed by atoms with Gasteiger partial charge in [0.05, 0.1) is 21.7 Å². The van der Waals surface area contributed by atoms with Gasteiger partial charge in [-0.1, -0.05) is 12.1 Å². The van der Waals surface area contributed by atoms with E-state index in [2.05, 4.69) is 10.0 Å². The Morgan fingerprint density at radius 2 is 1.88 bits per heavy atom. The molecule has 9 heteroatoms. The largest absolute Gasteiger partial charge is 0.416 e. The number of hydrogen-bond acceptors (Lipinski definition) is 4. The Balaban J connectivity index is 2.23. The molecule has 0 radical (unpaired) electrons.